The number of alkyl halides is 2. The van der Waals surface area contributed by atoms with E-state index in [1.165, 1.54) is 19.1 Å². The van der Waals surface area contributed by atoms with Crippen LogP contribution in [-0.4, -0.2) is 48.1 Å². The molecule has 0 bridgehead atoms. The lowest BCUT2D eigenvalue weighted by molar-refractivity contribution is -0.0807. The third-order valence-electron chi connectivity index (χ3n) is 5.78. The van der Waals surface area contributed by atoms with Crippen LogP contribution in [0.15, 0.2) is 16.9 Å². The standard InChI is InChI=1S/C20H28F2N2O3.C2H6/c1-15(25)16-5-6-17(19(2,21)22)24(18(16)26)10-4-3-9-23-13-20(14-23)7-11-27-12-8-20;1-2/h5-6H,3-4,7-14H2,1-2H3;1-2H3. The van der Waals surface area contributed by atoms with Crippen molar-refractivity contribution < 1.29 is 18.3 Å². The zero-order valence-corrected chi connectivity index (χ0v) is 18.1. The Labute approximate surface area is 172 Å². The number of hydrogen-bond donors (Lipinski definition) is 0. The van der Waals surface area contributed by atoms with Gasteiger partial charge in [0.05, 0.1) is 11.3 Å². The van der Waals surface area contributed by atoms with Gasteiger partial charge in [0.25, 0.3) is 11.5 Å². The second-order valence-electron chi connectivity index (χ2n) is 8.06. The van der Waals surface area contributed by atoms with Gasteiger partial charge in [-0.25, -0.2) is 8.78 Å². The first-order valence-corrected chi connectivity index (χ1v) is 10.7. The molecule has 2 aliphatic rings. The van der Waals surface area contributed by atoms with E-state index >= 15 is 0 Å². The van der Waals surface area contributed by atoms with Crippen molar-refractivity contribution in [1.29, 1.82) is 0 Å². The van der Waals surface area contributed by atoms with Gasteiger partial charge >= 0.3 is 0 Å². The molecule has 2 saturated heterocycles. The van der Waals surface area contributed by atoms with Crippen LogP contribution in [-0.2, 0) is 17.2 Å². The average molecular weight is 413 g/mol. The number of carbonyl (C=O) groups excluding carboxylic acids is 1. The second-order valence-corrected chi connectivity index (χ2v) is 8.06. The van der Waals surface area contributed by atoms with Gasteiger partial charge in [-0.1, -0.05) is 13.8 Å². The molecule has 0 radical (unpaired) electrons. The van der Waals surface area contributed by atoms with E-state index in [1.807, 2.05) is 13.8 Å². The minimum Gasteiger partial charge on any atom is -0.381 e. The molecule has 29 heavy (non-hydrogen) atoms. The maximum Gasteiger partial charge on any atom is 0.285 e. The minimum atomic E-state index is -3.12. The molecule has 2 fully saturated rings. The number of Topliss-reactive ketones (excluding diaryl/α,β-unsaturated/α-hetero) is 1. The highest BCUT2D eigenvalue weighted by molar-refractivity contribution is 5.93. The van der Waals surface area contributed by atoms with Gasteiger partial charge in [-0.15, -0.1) is 0 Å². The SMILES string of the molecule is CC.CC(=O)c1ccc(C(C)(F)F)n(CCCCN2CC3(CCOCC3)C2)c1=O. The third kappa shape index (κ3) is 5.72. The van der Waals surface area contributed by atoms with Gasteiger partial charge in [0.1, 0.15) is 0 Å². The number of rotatable bonds is 7. The molecule has 0 atom stereocenters. The van der Waals surface area contributed by atoms with Gasteiger partial charge < -0.3 is 14.2 Å². The summed E-state index contributed by atoms with van der Waals surface area (Å²) in [7, 11) is 0. The lowest BCUT2D eigenvalue weighted by Gasteiger charge is -2.52. The van der Waals surface area contributed by atoms with Crippen molar-refractivity contribution in [3.63, 3.8) is 0 Å². The number of aromatic nitrogens is 1. The summed E-state index contributed by atoms with van der Waals surface area (Å²) in [6.07, 6.45) is 3.69. The zero-order chi connectivity index (χ0) is 21.7. The molecule has 1 spiro atoms. The van der Waals surface area contributed by atoms with Crippen molar-refractivity contribution in [1.82, 2.24) is 9.47 Å². The molecule has 1 aromatic rings. The molecule has 5 nitrogen and oxygen atoms in total. The van der Waals surface area contributed by atoms with Crippen molar-refractivity contribution >= 4 is 5.78 Å². The van der Waals surface area contributed by atoms with E-state index in [0.29, 0.717) is 11.8 Å². The van der Waals surface area contributed by atoms with Crippen LogP contribution < -0.4 is 5.56 Å². The van der Waals surface area contributed by atoms with Crippen LogP contribution in [0.1, 0.15) is 69.4 Å². The number of ether oxygens (including phenoxy) is 1. The van der Waals surface area contributed by atoms with Gasteiger partial charge in [0.2, 0.25) is 0 Å². The molecule has 0 amide bonds. The Kier molecular flexibility index (Phi) is 8.11. The molecule has 164 valence electrons. The maximum atomic E-state index is 13.9. The summed E-state index contributed by atoms with van der Waals surface area (Å²) in [6, 6.07) is 2.41. The molecular weight excluding hydrogens is 378 g/mol. The summed E-state index contributed by atoms with van der Waals surface area (Å²) in [5.74, 6) is -3.52. The normalized spacial score (nSPS) is 18.7. The van der Waals surface area contributed by atoms with E-state index in [-0.39, 0.29) is 17.8 Å². The Morgan fingerprint density at radius 3 is 2.28 bits per heavy atom. The van der Waals surface area contributed by atoms with E-state index < -0.39 is 17.3 Å². The number of halogens is 2. The van der Waals surface area contributed by atoms with Gasteiger partial charge in [-0.3, -0.25) is 9.59 Å². The highest BCUT2D eigenvalue weighted by Gasteiger charge is 2.43. The molecule has 0 saturated carbocycles. The summed E-state index contributed by atoms with van der Waals surface area (Å²) < 4.78 is 34.2. The second kappa shape index (κ2) is 9.94. The molecule has 0 N–H and O–H groups in total. The van der Waals surface area contributed by atoms with Crippen LogP contribution in [0, 0.1) is 5.41 Å². The highest BCUT2D eigenvalue weighted by Crippen LogP contribution is 2.39. The molecule has 3 heterocycles. The molecule has 7 heteroatoms. The number of nitrogens with zero attached hydrogens (tertiary/aromatic N) is 2. The smallest absolute Gasteiger partial charge is 0.285 e. The molecular formula is C22H34F2N2O3. The quantitative estimate of drug-likeness (QED) is 0.500. The molecule has 0 aromatic carbocycles. The van der Waals surface area contributed by atoms with Gasteiger partial charge in [-0.2, -0.15) is 0 Å². The van der Waals surface area contributed by atoms with Crippen molar-refractivity contribution in [3.05, 3.63) is 33.7 Å². The van der Waals surface area contributed by atoms with Crippen molar-refractivity contribution in [3.8, 4) is 0 Å². The summed E-state index contributed by atoms with van der Waals surface area (Å²) in [4.78, 5) is 26.4. The number of hydrogen-bond acceptors (Lipinski definition) is 4. The first-order chi connectivity index (χ1) is 13.7. The average Bonchev–Trinajstić information content (AvgIpc) is 2.65. The summed E-state index contributed by atoms with van der Waals surface area (Å²) in [5, 5.41) is 0. The van der Waals surface area contributed by atoms with Crippen LogP contribution in [0.25, 0.3) is 0 Å². The van der Waals surface area contributed by atoms with E-state index in [2.05, 4.69) is 4.90 Å². The third-order valence-corrected chi connectivity index (χ3v) is 5.78. The summed E-state index contributed by atoms with van der Waals surface area (Å²) >= 11 is 0. The van der Waals surface area contributed by atoms with Crippen molar-refractivity contribution in [2.45, 2.75) is 65.8 Å². The fraction of sp³-hybridized carbons (Fsp3) is 0.727. The summed E-state index contributed by atoms with van der Waals surface area (Å²) in [5.41, 5.74) is -0.566. The first-order valence-electron chi connectivity index (χ1n) is 10.7. The van der Waals surface area contributed by atoms with Gasteiger partial charge in [0.15, 0.2) is 5.78 Å². The number of carbonyl (C=O) groups is 1. The van der Waals surface area contributed by atoms with Gasteiger partial charge in [-0.05, 0) is 51.3 Å². The molecule has 0 unspecified atom stereocenters. The Morgan fingerprint density at radius 1 is 1.14 bits per heavy atom. The van der Waals surface area contributed by atoms with Gasteiger partial charge in [0, 0.05) is 45.2 Å². The van der Waals surface area contributed by atoms with Crippen LogP contribution >= 0.6 is 0 Å². The summed E-state index contributed by atoms with van der Waals surface area (Å²) in [6.45, 7) is 11.0. The van der Waals surface area contributed by atoms with Crippen LogP contribution in [0.5, 0.6) is 0 Å². The number of ketones is 1. The molecule has 1 aromatic heterocycles. The first kappa shape index (κ1) is 23.7. The monoisotopic (exact) mass is 412 g/mol. The maximum absolute atomic E-state index is 13.9. The van der Waals surface area contributed by atoms with E-state index in [0.717, 1.165) is 63.6 Å². The van der Waals surface area contributed by atoms with Crippen molar-refractivity contribution in [2.75, 3.05) is 32.8 Å². The lowest BCUT2D eigenvalue weighted by atomic mass is 9.73. The fourth-order valence-corrected chi connectivity index (χ4v) is 4.24. The topological polar surface area (TPSA) is 51.5 Å². The number of likely N-dealkylation sites (tertiary alicyclic amines) is 1. The van der Waals surface area contributed by atoms with Crippen LogP contribution in [0.3, 0.4) is 0 Å². The molecule has 2 aliphatic heterocycles. The number of unbranched alkanes of at least 4 members (excludes halogenated alkanes) is 1. The van der Waals surface area contributed by atoms with Crippen LogP contribution in [0.2, 0.25) is 0 Å². The Balaban J connectivity index is 0.00000145. The molecule has 3 rings (SSSR count). The minimum absolute atomic E-state index is 0.0350. The number of pyridine rings is 1. The predicted octanol–water partition coefficient (Wildman–Crippen LogP) is 4.08. The Hall–Kier alpha value is -1.60. The largest absolute Gasteiger partial charge is 0.381 e. The zero-order valence-electron chi connectivity index (χ0n) is 18.1. The Morgan fingerprint density at radius 2 is 1.72 bits per heavy atom. The molecule has 0 aliphatic carbocycles. The highest BCUT2D eigenvalue weighted by atomic mass is 19.3. The lowest BCUT2D eigenvalue weighted by Crippen LogP contribution is -2.58. The van der Waals surface area contributed by atoms with E-state index in [1.54, 1.807) is 0 Å². The predicted molar refractivity (Wildman–Crippen MR) is 110 cm³/mol. The van der Waals surface area contributed by atoms with Crippen LogP contribution in [0.4, 0.5) is 8.78 Å². The fourth-order valence-electron chi connectivity index (χ4n) is 4.24. The van der Waals surface area contributed by atoms with E-state index in [4.69, 9.17) is 4.74 Å². The van der Waals surface area contributed by atoms with E-state index in [9.17, 15) is 18.4 Å². The van der Waals surface area contributed by atoms with Crippen molar-refractivity contribution in [2.24, 2.45) is 5.41 Å². The Bertz CT molecular complexity index is 741.